The number of aliphatic hydroxyl groups excluding tert-OH is 2. The Bertz CT molecular complexity index is 1410. The van der Waals surface area contributed by atoms with Gasteiger partial charge in [-0.3, -0.25) is 9.36 Å². The van der Waals surface area contributed by atoms with Gasteiger partial charge in [-0.2, -0.15) is 13.1 Å². The Balaban J connectivity index is 1.77. The molecule has 0 aliphatic carbocycles. The minimum Gasteiger partial charge on any atom is -0.394 e. The largest absolute Gasteiger partial charge is 0.394 e. The van der Waals surface area contributed by atoms with Crippen molar-refractivity contribution in [2.75, 3.05) is 30.4 Å². The first-order valence-corrected chi connectivity index (χ1v) is 11.6. The van der Waals surface area contributed by atoms with Gasteiger partial charge in [-0.1, -0.05) is 24.3 Å². The standard InChI is InChI=1S/C21H24N4O7S/c1-23(2)15-7-3-6-14-13(15)5-4-8-18(14)33(30,31)22-25-19(28)9-10-24(21(25)29)20-11-16(27)17(12-26)32-20/h3-10,16-17,20,22,26-27H,11-12H2,1-2H3/t16-,17+,20+/m0/s1. The molecule has 1 aliphatic rings. The molecule has 1 saturated heterocycles. The summed E-state index contributed by atoms with van der Waals surface area (Å²) in [4.78, 5) is 29.2. The summed E-state index contributed by atoms with van der Waals surface area (Å²) in [5.41, 5.74) is -1.07. The summed E-state index contributed by atoms with van der Waals surface area (Å²) < 4.78 is 33.3. The maximum absolute atomic E-state index is 13.2. The van der Waals surface area contributed by atoms with Gasteiger partial charge < -0.3 is 19.8 Å². The monoisotopic (exact) mass is 476 g/mol. The number of aromatic nitrogens is 2. The second-order valence-corrected chi connectivity index (χ2v) is 9.54. The number of fused-ring (bicyclic) bond motifs is 1. The van der Waals surface area contributed by atoms with Crippen LogP contribution < -0.4 is 21.0 Å². The zero-order valence-corrected chi connectivity index (χ0v) is 18.8. The van der Waals surface area contributed by atoms with Crippen LogP contribution in [-0.2, 0) is 14.8 Å². The van der Waals surface area contributed by atoms with Gasteiger partial charge in [0, 0.05) is 49.2 Å². The van der Waals surface area contributed by atoms with E-state index in [9.17, 15) is 28.2 Å². The molecule has 0 radical (unpaired) electrons. The molecule has 0 bridgehead atoms. The summed E-state index contributed by atoms with van der Waals surface area (Å²) >= 11 is 0. The number of hydrogen-bond donors (Lipinski definition) is 3. The van der Waals surface area contributed by atoms with Gasteiger partial charge in [0.25, 0.3) is 15.6 Å². The summed E-state index contributed by atoms with van der Waals surface area (Å²) in [7, 11) is -0.669. The molecule has 3 aromatic rings. The number of benzene rings is 2. The Labute approximate surface area is 189 Å². The molecule has 2 aromatic carbocycles. The number of ether oxygens (including phenoxy) is 1. The quantitative estimate of drug-likeness (QED) is 0.444. The lowest BCUT2D eigenvalue weighted by molar-refractivity contribution is -0.0461. The SMILES string of the molecule is CN(C)c1cccc2c(S(=O)(=O)Nn3c(=O)ccn([C@H]4C[C@H](O)[C@@H](CO)O4)c3=O)cccc12. The van der Waals surface area contributed by atoms with Crippen LogP contribution in [0.2, 0.25) is 0 Å². The van der Waals surface area contributed by atoms with E-state index in [1.54, 1.807) is 24.3 Å². The first kappa shape index (κ1) is 23.0. The third-order valence-corrected chi connectivity index (χ3v) is 6.90. The second kappa shape index (κ2) is 8.63. The summed E-state index contributed by atoms with van der Waals surface area (Å²) in [5.74, 6) is 0. The van der Waals surface area contributed by atoms with E-state index in [0.717, 1.165) is 22.5 Å². The van der Waals surface area contributed by atoms with E-state index in [4.69, 9.17) is 4.74 Å². The molecule has 0 unspecified atom stereocenters. The summed E-state index contributed by atoms with van der Waals surface area (Å²) in [5, 5.41) is 20.3. The van der Waals surface area contributed by atoms with Crippen LogP contribution in [0.3, 0.4) is 0 Å². The number of aliphatic hydroxyl groups is 2. The predicted molar refractivity (Wildman–Crippen MR) is 121 cm³/mol. The Morgan fingerprint density at radius 1 is 1.12 bits per heavy atom. The maximum atomic E-state index is 13.2. The molecular formula is C21H24N4O7S. The molecule has 176 valence electrons. The number of nitrogens with zero attached hydrogens (tertiary/aromatic N) is 3. The van der Waals surface area contributed by atoms with Gasteiger partial charge in [0.2, 0.25) is 0 Å². The molecule has 3 atom stereocenters. The van der Waals surface area contributed by atoms with Crippen LogP contribution >= 0.6 is 0 Å². The number of rotatable bonds is 6. The summed E-state index contributed by atoms with van der Waals surface area (Å²) in [6, 6.07) is 11.0. The average Bonchev–Trinajstić information content (AvgIpc) is 3.15. The summed E-state index contributed by atoms with van der Waals surface area (Å²) in [6.45, 7) is -0.450. The summed E-state index contributed by atoms with van der Waals surface area (Å²) in [6.07, 6.45) is -1.71. The van der Waals surface area contributed by atoms with E-state index in [0.29, 0.717) is 15.4 Å². The fraction of sp³-hybridized carbons (Fsp3) is 0.333. The van der Waals surface area contributed by atoms with E-state index in [-0.39, 0.29) is 11.3 Å². The highest BCUT2D eigenvalue weighted by Gasteiger charge is 2.35. The minimum atomic E-state index is -4.34. The molecular weight excluding hydrogens is 452 g/mol. The van der Waals surface area contributed by atoms with Crippen molar-refractivity contribution >= 4 is 26.5 Å². The lowest BCUT2D eigenvalue weighted by Crippen LogP contribution is -2.46. The molecule has 1 fully saturated rings. The van der Waals surface area contributed by atoms with Gasteiger partial charge in [0.1, 0.15) is 12.3 Å². The Morgan fingerprint density at radius 3 is 2.48 bits per heavy atom. The zero-order valence-electron chi connectivity index (χ0n) is 18.0. The number of hydrogen-bond acceptors (Lipinski definition) is 8. The molecule has 0 amide bonds. The Kier molecular flexibility index (Phi) is 6.01. The van der Waals surface area contributed by atoms with Crippen molar-refractivity contribution in [3.63, 3.8) is 0 Å². The highest BCUT2D eigenvalue weighted by molar-refractivity contribution is 7.92. The first-order valence-electron chi connectivity index (χ1n) is 10.1. The molecule has 0 saturated carbocycles. The molecule has 12 heteroatoms. The van der Waals surface area contributed by atoms with Crippen LogP contribution in [0.25, 0.3) is 10.8 Å². The molecule has 2 heterocycles. The van der Waals surface area contributed by atoms with Crippen molar-refractivity contribution in [1.82, 2.24) is 9.24 Å². The lowest BCUT2D eigenvalue weighted by atomic mass is 10.1. The zero-order chi connectivity index (χ0) is 23.9. The van der Waals surface area contributed by atoms with Gasteiger partial charge in [0.15, 0.2) is 0 Å². The fourth-order valence-corrected chi connectivity index (χ4v) is 5.14. The van der Waals surface area contributed by atoms with E-state index in [1.165, 1.54) is 6.07 Å². The van der Waals surface area contributed by atoms with Crippen molar-refractivity contribution in [3.05, 3.63) is 69.5 Å². The van der Waals surface area contributed by atoms with Gasteiger partial charge in [-0.15, -0.1) is 0 Å². The van der Waals surface area contributed by atoms with Crippen LogP contribution in [0.5, 0.6) is 0 Å². The minimum absolute atomic E-state index is 0.00722. The van der Waals surface area contributed by atoms with Gasteiger partial charge >= 0.3 is 5.69 Å². The van der Waals surface area contributed by atoms with E-state index in [2.05, 4.69) is 4.83 Å². The van der Waals surface area contributed by atoms with Crippen LogP contribution in [0.1, 0.15) is 12.6 Å². The van der Waals surface area contributed by atoms with Crippen LogP contribution in [0.4, 0.5) is 5.69 Å². The average molecular weight is 477 g/mol. The smallest absolute Gasteiger partial charge is 0.352 e. The maximum Gasteiger partial charge on any atom is 0.352 e. The molecule has 33 heavy (non-hydrogen) atoms. The van der Waals surface area contributed by atoms with E-state index in [1.807, 2.05) is 25.1 Å². The topological polar surface area (TPSA) is 143 Å². The predicted octanol–water partition coefficient (Wildman–Crippen LogP) is -0.198. The van der Waals surface area contributed by atoms with E-state index < -0.39 is 46.3 Å². The molecule has 11 nitrogen and oxygen atoms in total. The van der Waals surface area contributed by atoms with Crippen LogP contribution in [0.15, 0.2) is 63.1 Å². The molecule has 4 rings (SSSR count). The van der Waals surface area contributed by atoms with Crippen molar-refractivity contribution in [3.8, 4) is 0 Å². The highest BCUT2D eigenvalue weighted by Crippen LogP contribution is 2.30. The van der Waals surface area contributed by atoms with Gasteiger partial charge in [-0.25, -0.2) is 9.63 Å². The van der Waals surface area contributed by atoms with Crippen molar-refractivity contribution in [2.24, 2.45) is 0 Å². The first-order chi connectivity index (χ1) is 15.6. The highest BCUT2D eigenvalue weighted by atomic mass is 32.2. The molecule has 1 aromatic heterocycles. The molecule has 0 spiro atoms. The van der Waals surface area contributed by atoms with Crippen LogP contribution in [0, 0.1) is 0 Å². The van der Waals surface area contributed by atoms with E-state index >= 15 is 0 Å². The lowest BCUT2D eigenvalue weighted by Gasteiger charge is -2.18. The van der Waals surface area contributed by atoms with Crippen molar-refractivity contribution < 1.29 is 23.4 Å². The molecule has 1 aliphatic heterocycles. The molecule has 3 N–H and O–H groups in total. The van der Waals surface area contributed by atoms with Crippen LogP contribution in [-0.4, -0.2) is 60.8 Å². The number of sulfonamides is 1. The number of nitrogens with one attached hydrogen (secondary N) is 1. The third-order valence-electron chi connectivity index (χ3n) is 5.55. The van der Waals surface area contributed by atoms with Gasteiger partial charge in [0.05, 0.1) is 17.6 Å². The fourth-order valence-electron chi connectivity index (χ4n) is 3.90. The van der Waals surface area contributed by atoms with Crippen molar-refractivity contribution in [1.29, 1.82) is 0 Å². The van der Waals surface area contributed by atoms with Gasteiger partial charge in [-0.05, 0) is 12.1 Å². The Hall–Kier alpha value is -3.19. The Morgan fingerprint density at radius 2 is 1.82 bits per heavy atom. The second-order valence-electron chi connectivity index (χ2n) is 7.91. The normalized spacial score (nSPS) is 20.8. The number of anilines is 1. The van der Waals surface area contributed by atoms with Crippen molar-refractivity contribution in [2.45, 2.75) is 29.8 Å². The third kappa shape index (κ3) is 4.13.